The van der Waals surface area contributed by atoms with Crippen LogP contribution in [0.5, 0.6) is 5.75 Å². The molecule has 2 atom stereocenters. The van der Waals surface area contributed by atoms with Gasteiger partial charge < -0.3 is 19.3 Å². The van der Waals surface area contributed by atoms with Gasteiger partial charge in [-0.05, 0) is 52.3 Å². The number of carbonyl (C=O) groups is 2. The van der Waals surface area contributed by atoms with Gasteiger partial charge in [0.1, 0.15) is 11.9 Å². The summed E-state index contributed by atoms with van der Waals surface area (Å²) in [5, 5.41) is 13.2. The monoisotopic (exact) mass is 639 g/mol. The Labute approximate surface area is 210 Å². The third-order valence-corrected chi connectivity index (χ3v) is 5.97. The summed E-state index contributed by atoms with van der Waals surface area (Å²) < 4.78 is 18.2. The number of benzene rings is 2. The molecule has 0 fully saturated rings. The van der Waals surface area contributed by atoms with E-state index in [9.17, 15) is 14.7 Å². The van der Waals surface area contributed by atoms with Crippen LogP contribution in [0.15, 0.2) is 49.8 Å². The van der Waals surface area contributed by atoms with E-state index < -0.39 is 24.3 Å². The molecule has 0 heterocycles. The minimum Gasteiger partial charge on any atom is -0.506 e. The van der Waals surface area contributed by atoms with Gasteiger partial charge in [-0.1, -0.05) is 31.9 Å². The summed E-state index contributed by atoms with van der Waals surface area (Å²) in [5.74, 6) is -0.622. The van der Waals surface area contributed by atoms with Gasteiger partial charge in [0.2, 0.25) is 0 Å². The number of hydrogen-bond acceptors (Lipinski definition) is 7. The Balaban J connectivity index is 2.27. The molecule has 168 valence electrons. The molecule has 2 aromatic rings. The van der Waals surface area contributed by atoms with E-state index in [1.165, 1.54) is 7.11 Å². The van der Waals surface area contributed by atoms with Crippen LogP contribution in [0.25, 0.3) is 0 Å². The van der Waals surface area contributed by atoms with Crippen molar-refractivity contribution in [3.63, 3.8) is 0 Å². The molecule has 2 rings (SSSR count). The van der Waals surface area contributed by atoms with E-state index in [1.54, 1.807) is 36.4 Å². The van der Waals surface area contributed by atoms with Crippen LogP contribution in [0.4, 0.5) is 10.5 Å². The summed E-state index contributed by atoms with van der Waals surface area (Å²) in [6.45, 7) is 0.0298. The number of carbonyl (C=O) groups excluding carboxylic acids is 2. The molecule has 31 heavy (non-hydrogen) atoms. The first-order valence-corrected chi connectivity index (χ1v) is 12.0. The minimum absolute atomic E-state index is 0.0298. The molecule has 2 N–H and O–H groups in total. The fourth-order valence-electron chi connectivity index (χ4n) is 2.67. The zero-order valence-corrected chi connectivity index (χ0v) is 22.0. The summed E-state index contributed by atoms with van der Waals surface area (Å²) in [4.78, 5) is 24.0. The molecule has 0 aliphatic heterocycles. The van der Waals surface area contributed by atoms with Crippen molar-refractivity contribution in [2.45, 2.75) is 18.6 Å². The highest BCUT2D eigenvalue weighted by Gasteiger charge is 2.31. The number of nitrogens with one attached hydrogen (secondary N) is 1. The van der Waals surface area contributed by atoms with Crippen molar-refractivity contribution in [3.05, 3.63) is 55.4 Å². The molecular weight excluding hydrogens is 622 g/mol. The van der Waals surface area contributed by atoms with Crippen LogP contribution in [0.2, 0.25) is 0 Å². The first-order chi connectivity index (χ1) is 14.7. The SMILES string of the molecule is CO[C@@H](CCOC(=O)CS)[C@@H](OC(=O)Nc1ccc(Br)cc1)c1cc(Br)cc(Br)c1O. The molecule has 0 aliphatic carbocycles. The molecule has 0 spiro atoms. The molecule has 0 aliphatic rings. The highest BCUT2D eigenvalue weighted by atomic mass is 79.9. The predicted molar refractivity (Wildman–Crippen MR) is 131 cm³/mol. The van der Waals surface area contributed by atoms with Crippen molar-refractivity contribution in [1.29, 1.82) is 0 Å². The number of amides is 1. The van der Waals surface area contributed by atoms with E-state index in [0.717, 1.165) is 4.47 Å². The van der Waals surface area contributed by atoms with Crippen molar-refractivity contribution in [2.75, 3.05) is 24.8 Å². The van der Waals surface area contributed by atoms with Gasteiger partial charge >= 0.3 is 12.1 Å². The number of aromatic hydroxyl groups is 1. The lowest BCUT2D eigenvalue weighted by molar-refractivity contribution is -0.141. The maximum Gasteiger partial charge on any atom is 0.412 e. The fourth-order valence-corrected chi connectivity index (χ4v) is 4.28. The summed E-state index contributed by atoms with van der Waals surface area (Å²) in [6.07, 6.45) is -2.23. The zero-order valence-electron chi connectivity index (χ0n) is 16.3. The molecule has 0 saturated heterocycles. The Bertz CT molecular complexity index is 913. The van der Waals surface area contributed by atoms with Gasteiger partial charge in [-0.15, -0.1) is 0 Å². The standard InChI is InChI=1S/C20H20Br3NO6S/c1-28-16(6-7-29-17(25)10-31)19(14-8-12(22)9-15(23)18(14)26)30-20(27)24-13-4-2-11(21)3-5-13/h2-5,8-9,16,19,26,31H,6-7,10H2,1H3,(H,24,27)/t16-,19-/m0/s1. The van der Waals surface area contributed by atoms with Crippen molar-refractivity contribution in [3.8, 4) is 5.75 Å². The maximum absolute atomic E-state index is 12.6. The lowest BCUT2D eigenvalue weighted by Gasteiger charge is -2.27. The molecule has 1 amide bonds. The molecule has 0 saturated carbocycles. The lowest BCUT2D eigenvalue weighted by atomic mass is 10.0. The Morgan fingerprint density at radius 2 is 1.81 bits per heavy atom. The number of thiol groups is 1. The molecule has 11 heteroatoms. The summed E-state index contributed by atoms with van der Waals surface area (Å²) in [5.41, 5.74) is 0.850. The molecule has 0 radical (unpaired) electrons. The average molecular weight is 642 g/mol. The topological polar surface area (TPSA) is 94.1 Å². The molecule has 2 aromatic carbocycles. The van der Waals surface area contributed by atoms with E-state index in [1.807, 2.05) is 0 Å². The van der Waals surface area contributed by atoms with Gasteiger partial charge in [-0.3, -0.25) is 10.1 Å². The van der Waals surface area contributed by atoms with Gasteiger partial charge in [0.05, 0.1) is 16.8 Å². The molecule has 0 unspecified atom stereocenters. The van der Waals surface area contributed by atoms with Crippen LogP contribution < -0.4 is 5.32 Å². The van der Waals surface area contributed by atoms with Crippen LogP contribution in [0, 0.1) is 0 Å². The second-order valence-electron chi connectivity index (χ2n) is 6.22. The third kappa shape index (κ3) is 7.98. The van der Waals surface area contributed by atoms with E-state index >= 15 is 0 Å². The molecule has 0 bridgehead atoms. The predicted octanol–water partition coefficient (Wildman–Crippen LogP) is 5.85. The number of halogens is 3. The second-order valence-corrected chi connectivity index (χ2v) is 9.23. The maximum atomic E-state index is 12.6. The van der Waals surface area contributed by atoms with Crippen molar-refractivity contribution < 1.29 is 28.9 Å². The van der Waals surface area contributed by atoms with Gasteiger partial charge in [0, 0.05) is 33.7 Å². The number of esters is 1. The van der Waals surface area contributed by atoms with Gasteiger partial charge in [0.15, 0.2) is 6.10 Å². The quantitative estimate of drug-likeness (QED) is 0.235. The molecule has 0 aromatic heterocycles. The van der Waals surface area contributed by atoms with Crippen LogP contribution in [0.3, 0.4) is 0 Å². The number of methoxy groups -OCH3 is 1. The number of rotatable bonds is 9. The number of hydrogen-bond donors (Lipinski definition) is 3. The van der Waals surface area contributed by atoms with Crippen molar-refractivity contribution in [2.24, 2.45) is 0 Å². The summed E-state index contributed by atoms with van der Waals surface area (Å²) in [6, 6.07) is 10.3. The average Bonchev–Trinajstić information content (AvgIpc) is 2.74. The number of phenols is 1. The van der Waals surface area contributed by atoms with E-state index in [0.29, 0.717) is 20.2 Å². The van der Waals surface area contributed by atoms with Crippen LogP contribution in [-0.2, 0) is 19.0 Å². The number of phenolic OH excluding ortho intramolecular Hbond substituents is 1. The highest BCUT2D eigenvalue weighted by Crippen LogP contribution is 2.39. The zero-order chi connectivity index (χ0) is 23.0. The second kappa shape index (κ2) is 12.7. The Morgan fingerprint density at radius 1 is 1.13 bits per heavy atom. The van der Waals surface area contributed by atoms with Crippen LogP contribution in [0.1, 0.15) is 18.1 Å². The molecular formula is C20H20Br3NO6S. The van der Waals surface area contributed by atoms with Gasteiger partial charge in [-0.2, -0.15) is 12.6 Å². The first kappa shape index (κ1) is 26.0. The fraction of sp³-hybridized carbons (Fsp3) is 0.300. The van der Waals surface area contributed by atoms with Crippen LogP contribution in [-0.4, -0.2) is 42.7 Å². The van der Waals surface area contributed by atoms with E-state index in [4.69, 9.17) is 14.2 Å². The number of ether oxygens (including phenoxy) is 3. The summed E-state index contributed by atoms with van der Waals surface area (Å²) >= 11 is 13.9. The van der Waals surface area contributed by atoms with E-state index in [-0.39, 0.29) is 24.5 Å². The normalized spacial score (nSPS) is 12.7. The van der Waals surface area contributed by atoms with Gasteiger partial charge in [0.25, 0.3) is 0 Å². The van der Waals surface area contributed by atoms with E-state index in [2.05, 4.69) is 65.7 Å². The Morgan fingerprint density at radius 3 is 2.42 bits per heavy atom. The largest absolute Gasteiger partial charge is 0.506 e. The van der Waals surface area contributed by atoms with Crippen molar-refractivity contribution >= 4 is 78.2 Å². The number of anilines is 1. The molecule has 7 nitrogen and oxygen atoms in total. The summed E-state index contributed by atoms with van der Waals surface area (Å²) in [7, 11) is 1.44. The Kier molecular flexibility index (Phi) is 10.6. The highest BCUT2D eigenvalue weighted by molar-refractivity contribution is 9.11. The minimum atomic E-state index is -0.996. The van der Waals surface area contributed by atoms with Crippen molar-refractivity contribution in [1.82, 2.24) is 0 Å². The van der Waals surface area contributed by atoms with Gasteiger partial charge in [-0.25, -0.2) is 4.79 Å². The third-order valence-electron chi connectivity index (χ3n) is 4.12. The van der Waals surface area contributed by atoms with Crippen LogP contribution >= 0.6 is 60.4 Å². The lowest BCUT2D eigenvalue weighted by Crippen LogP contribution is -2.29. The smallest absolute Gasteiger partial charge is 0.412 e. The first-order valence-electron chi connectivity index (χ1n) is 8.95. The Hall–Kier alpha value is -1.27.